The van der Waals surface area contributed by atoms with E-state index in [4.69, 9.17) is 15.2 Å². The molecule has 0 aromatic heterocycles. The summed E-state index contributed by atoms with van der Waals surface area (Å²) in [5.41, 5.74) is 6.25. The summed E-state index contributed by atoms with van der Waals surface area (Å²) in [6.07, 6.45) is 0.596. The van der Waals surface area contributed by atoms with E-state index in [1.54, 1.807) is 0 Å². The van der Waals surface area contributed by atoms with Gasteiger partial charge >= 0.3 is 0 Å². The lowest BCUT2D eigenvalue weighted by Gasteiger charge is -2.24. The number of rotatable bonds is 18. The molecule has 1 rings (SSSR count). The van der Waals surface area contributed by atoms with Crippen LogP contribution in [0, 0.1) is 5.92 Å². The van der Waals surface area contributed by atoms with Crippen LogP contribution in [-0.4, -0.2) is 81.8 Å². The topological polar surface area (TPSA) is 161 Å². The molecule has 0 aliphatic heterocycles. The fourth-order valence-corrected chi connectivity index (χ4v) is 3.27. The molecule has 4 amide bonds. The molecule has 0 heterocycles. The van der Waals surface area contributed by atoms with E-state index >= 15 is 0 Å². The zero-order valence-electron chi connectivity index (χ0n) is 21.5. The second-order valence-corrected chi connectivity index (χ2v) is 8.58. The Morgan fingerprint density at radius 3 is 2.19 bits per heavy atom. The van der Waals surface area contributed by atoms with Gasteiger partial charge in [0.15, 0.2) is 0 Å². The highest BCUT2D eigenvalue weighted by Gasteiger charge is 2.27. The molecule has 36 heavy (non-hydrogen) atoms. The molecule has 0 bridgehead atoms. The van der Waals surface area contributed by atoms with Crippen LogP contribution in [0.4, 0.5) is 0 Å². The molecule has 0 radical (unpaired) electrons. The minimum Gasteiger partial charge on any atom is -0.379 e. The Bertz CT molecular complexity index is 805. The molecule has 0 saturated carbocycles. The summed E-state index contributed by atoms with van der Waals surface area (Å²) < 4.78 is 10.5. The van der Waals surface area contributed by atoms with Crippen molar-refractivity contribution in [3.63, 3.8) is 0 Å². The van der Waals surface area contributed by atoms with Gasteiger partial charge in [-0.05, 0) is 24.8 Å². The molecule has 1 aromatic rings. The Kier molecular flexibility index (Phi) is 15.7. The molecule has 0 saturated heterocycles. The fourth-order valence-electron chi connectivity index (χ4n) is 3.27. The van der Waals surface area contributed by atoms with E-state index in [-0.39, 0.29) is 31.3 Å². The molecule has 11 nitrogen and oxygen atoms in total. The number of ether oxygens (including phenoxy) is 2. The van der Waals surface area contributed by atoms with E-state index in [1.165, 1.54) is 0 Å². The van der Waals surface area contributed by atoms with Crippen molar-refractivity contribution in [1.82, 2.24) is 21.3 Å². The monoisotopic (exact) mass is 507 g/mol. The molecule has 1 aromatic carbocycles. The highest BCUT2D eigenvalue weighted by molar-refractivity contribution is 5.93. The lowest BCUT2D eigenvalue weighted by molar-refractivity contribution is -0.132. The number of hydrogen-bond acceptors (Lipinski definition) is 7. The van der Waals surface area contributed by atoms with Crippen LogP contribution < -0.4 is 27.0 Å². The van der Waals surface area contributed by atoms with Gasteiger partial charge < -0.3 is 36.5 Å². The molecule has 0 fully saturated rings. The second-order valence-electron chi connectivity index (χ2n) is 8.58. The second kappa shape index (κ2) is 18.3. The first kappa shape index (κ1) is 31.0. The van der Waals surface area contributed by atoms with Crippen LogP contribution in [0.2, 0.25) is 0 Å². The number of hydrogen-bond donors (Lipinski definition) is 5. The lowest BCUT2D eigenvalue weighted by atomic mass is 10.0. The Labute approximate surface area is 213 Å². The van der Waals surface area contributed by atoms with Crippen LogP contribution in [0.15, 0.2) is 30.3 Å². The van der Waals surface area contributed by atoms with Crippen LogP contribution in [0.5, 0.6) is 0 Å². The fraction of sp³-hybridized carbons (Fsp3) is 0.600. The first-order valence-electron chi connectivity index (χ1n) is 12.3. The summed E-state index contributed by atoms with van der Waals surface area (Å²) in [7, 11) is 0. The number of amides is 4. The molecule has 0 unspecified atom stereocenters. The highest BCUT2D eigenvalue weighted by atomic mass is 16.5. The van der Waals surface area contributed by atoms with E-state index in [0.717, 1.165) is 5.56 Å². The standard InChI is InChI=1S/C25H41N5O6/c1-4-35-12-13-36-11-10-27-23(32)17-28-24(33)20(14-18(2)3)30-25(34)21(29-22(31)16-26)15-19-8-6-5-7-9-19/h5-9,18,20-21H,4,10-17,26H2,1-3H3,(H,27,32)(H,28,33)(H,29,31)(H,30,34)/t20-,21-/m0/s1. The molecular weight excluding hydrogens is 466 g/mol. The Hall–Kier alpha value is -3.02. The minimum absolute atomic E-state index is 0.0925. The maximum Gasteiger partial charge on any atom is 0.243 e. The molecule has 6 N–H and O–H groups in total. The van der Waals surface area contributed by atoms with Crippen LogP contribution in [0.3, 0.4) is 0 Å². The number of benzene rings is 1. The third-order valence-corrected chi connectivity index (χ3v) is 5.03. The van der Waals surface area contributed by atoms with Crippen molar-refractivity contribution in [3.05, 3.63) is 35.9 Å². The first-order valence-corrected chi connectivity index (χ1v) is 12.3. The van der Waals surface area contributed by atoms with Gasteiger partial charge in [-0.2, -0.15) is 0 Å². The maximum absolute atomic E-state index is 13.1. The summed E-state index contributed by atoms with van der Waals surface area (Å²) in [4.78, 5) is 49.8. The largest absolute Gasteiger partial charge is 0.379 e. The predicted octanol–water partition coefficient (Wildman–Crippen LogP) is -0.511. The van der Waals surface area contributed by atoms with Crippen molar-refractivity contribution in [3.8, 4) is 0 Å². The molecule has 202 valence electrons. The van der Waals surface area contributed by atoms with Crippen LogP contribution in [0.25, 0.3) is 0 Å². The van der Waals surface area contributed by atoms with E-state index in [9.17, 15) is 19.2 Å². The number of carbonyl (C=O) groups is 4. The van der Waals surface area contributed by atoms with Gasteiger partial charge in [0.2, 0.25) is 23.6 Å². The Morgan fingerprint density at radius 1 is 0.861 bits per heavy atom. The first-order chi connectivity index (χ1) is 17.3. The van der Waals surface area contributed by atoms with Gasteiger partial charge in [-0.1, -0.05) is 44.2 Å². The molecule has 11 heteroatoms. The quantitative estimate of drug-likeness (QED) is 0.167. The molecular formula is C25H41N5O6. The zero-order chi connectivity index (χ0) is 26.8. The maximum atomic E-state index is 13.1. The summed E-state index contributed by atoms with van der Waals surface area (Å²) in [5, 5.41) is 10.6. The van der Waals surface area contributed by atoms with Gasteiger partial charge in [-0.25, -0.2) is 0 Å². The number of carbonyl (C=O) groups excluding carboxylic acids is 4. The van der Waals surface area contributed by atoms with Crippen LogP contribution in [0.1, 0.15) is 32.8 Å². The van der Waals surface area contributed by atoms with Gasteiger partial charge in [-0.3, -0.25) is 19.2 Å². The smallest absolute Gasteiger partial charge is 0.243 e. The van der Waals surface area contributed by atoms with E-state index < -0.39 is 29.8 Å². The van der Waals surface area contributed by atoms with Crippen molar-refractivity contribution in [2.24, 2.45) is 11.7 Å². The highest BCUT2D eigenvalue weighted by Crippen LogP contribution is 2.08. The average Bonchev–Trinajstić information content (AvgIpc) is 2.86. The third kappa shape index (κ3) is 13.8. The minimum atomic E-state index is -0.906. The van der Waals surface area contributed by atoms with Crippen molar-refractivity contribution in [2.75, 3.05) is 46.1 Å². The van der Waals surface area contributed by atoms with E-state index in [2.05, 4.69) is 21.3 Å². The van der Waals surface area contributed by atoms with Crippen molar-refractivity contribution < 1.29 is 28.7 Å². The van der Waals surface area contributed by atoms with Crippen molar-refractivity contribution in [2.45, 2.75) is 45.7 Å². The summed E-state index contributed by atoms with van der Waals surface area (Å²) in [5.74, 6) is -1.74. The molecule has 0 aliphatic rings. The third-order valence-electron chi connectivity index (χ3n) is 5.03. The normalized spacial score (nSPS) is 12.5. The molecule has 2 atom stereocenters. The summed E-state index contributed by atoms with van der Waals surface area (Å²) in [6, 6.07) is 7.43. The summed E-state index contributed by atoms with van der Waals surface area (Å²) in [6.45, 7) is 7.42. The van der Waals surface area contributed by atoms with Crippen LogP contribution >= 0.6 is 0 Å². The predicted molar refractivity (Wildman–Crippen MR) is 136 cm³/mol. The van der Waals surface area contributed by atoms with Gasteiger partial charge in [0.05, 0.1) is 32.9 Å². The lowest BCUT2D eigenvalue weighted by Crippen LogP contribution is -2.56. The van der Waals surface area contributed by atoms with E-state index in [1.807, 2.05) is 51.1 Å². The average molecular weight is 508 g/mol. The number of nitrogens with two attached hydrogens (primary N) is 1. The zero-order valence-corrected chi connectivity index (χ0v) is 21.5. The Morgan fingerprint density at radius 2 is 1.56 bits per heavy atom. The van der Waals surface area contributed by atoms with Crippen molar-refractivity contribution in [1.29, 1.82) is 0 Å². The number of nitrogens with one attached hydrogen (secondary N) is 4. The van der Waals surface area contributed by atoms with E-state index in [0.29, 0.717) is 39.4 Å². The molecule has 0 spiro atoms. The summed E-state index contributed by atoms with van der Waals surface area (Å²) >= 11 is 0. The Balaban J connectivity index is 2.64. The van der Waals surface area contributed by atoms with Crippen molar-refractivity contribution >= 4 is 23.6 Å². The van der Waals surface area contributed by atoms with Gasteiger partial charge in [-0.15, -0.1) is 0 Å². The van der Waals surface area contributed by atoms with Gasteiger partial charge in [0.25, 0.3) is 0 Å². The van der Waals surface area contributed by atoms with Gasteiger partial charge in [0.1, 0.15) is 12.1 Å². The molecule has 0 aliphatic carbocycles. The van der Waals surface area contributed by atoms with Gasteiger partial charge in [0, 0.05) is 19.6 Å². The van der Waals surface area contributed by atoms with Crippen LogP contribution in [-0.2, 0) is 35.1 Å². The SMILES string of the molecule is CCOCCOCCNC(=O)CNC(=O)[C@H](CC(C)C)NC(=O)[C@H](Cc1ccccc1)NC(=O)CN.